The third-order valence-electron chi connectivity index (χ3n) is 5.17. The second-order valence-electron chi connectivity index (χ2n) is 7.57. The van der Waals surface area contributed by atoms with Crippen LogP contribution in [0.25, 0.3) is 11.2 Å². The summed E-state index contributed by atoms with van der Waals surface area (Å²) in [5.74, 6) is 1.52. The van der Waals surface area contributed by atoms with Crippen molar-refractivity contribution in [3.05, 3.63) is 80.3 Å². The van der Waals surface area contributed by atoms with Crippen molar-refractivity contribution in [1.82, 2.24) is 19.5 Å². The molecule has 0 saturated carbocycles. The minimum atomic E-state index is -0.543. The van der Waals surface area contributed by atoms with Gasteiger partial charge in [0, 0.05) is 19.9 Å². The molecule has 2 heterocycles. The normalized spacial score (nSPS) is 11.0. The predicted molar refractivity (Wildman–Crippen MR) is 121 cm³/mol. The lowest BCUT2D eigenvalue weighted by molar-refractivity contribution is -0.116. The number of para-hydroxylation sites is 3. The van der Waals surface area contributed by atoms with Gasteiger partial charge in [0.2, 0.25) is 5.91 Å². The van der Waals surface area contributed by atoms with E-state index in [-0.39, 0.29) is 29.9 Å². The van der Waals surface area contributed by atoms with Crippen LogP contribution in [0.3, 0.4) is 0 Å². The van der Waals surface area contributed by atoms with Gasteiger partial charge in [-0.15, -0.1) is 0 Å². The van der Waals surface area contributed by atoms with Crippen LogP contribution in [0, 0.1) is 13.8 Å². The van der Waals surface area contributed by atoms with Crippen molar-refractivity contribution < 1.29 is 9.53 Å². The zero-order valence-corrected chi connectivity index (χ0v) is 18.0. The molecule has 0 unspecified atom stereocenters. The summed E-state index contributed by atoms with van der Waals surface area (Å²) in [4.78, 5) is 45.6. The molecular weight excluding hydrogens is 410 g/mol. The minimum Gasteiger partial charge on any atom is -0.455 e. The molecule has 0 spiro atoms. The van der Waals surface area contributed by atoms with E-state index in [2.05, 4.69) is 20.3 Å². The number of aryl methyl sites for hydroxylation is 4. The van der Waals surface area contributed by atoms with Gasteiger partial charge in [0.15, 0.2) is 11.4 Å². The first kappa shape index (κ1) is 21.1. The largest absolute Gasteiger partial charge is 0.455 e. The number of hydrogen-bond donors (Lipinski definition) is 3. The first-order valence-electron chi connectivity index (χ1n) is 10.1. The summed E-state index contributed by atoms with van der Waals surface area (Å²) in [7, 11) is 1.52. The molecule has 2 aromatic carbocycles. The summed E-state index contributed by atoms with van der Waals surface area (Å²) in [6.45, 7) is 3.94. The number of ether oxygens (including phenoxy) is 1. The molecule has 1 amide bonds. The van der Waals surface area contributed by atoms with E-state index in [1.165, 1.54) is 11.6 Å². The highest BCUT2D eigenvalue weighted by Crippen LogP contribution is 2.33. The first-order valence-corrected chi connectivity index (χ1v) is 10.1. The van der Waals surface area contributed by atoms with Gasteiger partial charge in [-0.25, -0.2) is 9.78 Å². The van der Waals surface area contributed by atoms with Gasteiger partial charge in [0.25, 0.3) is 5.56 Å². The van der Waals surface area contributed by atoms with Crippen LogP contribution in [-0.2, 0) is 18.3 Å². The number of benzene rings is 2. The third-order valence-corrected chi connectivity index (χ3v) is 5.17. The fourth-order valence-corrected chi connectivity index (χ4v) is 3.44. The molecular formula is C23H23N5O4. The summed E-state index contributed by atoms with van der Waals surface area (Å²) in [5.41, 5.74) is 1.93. The van der Waals surface area contributed by atoms with Gasteiger partial charge < -0.3 is 15.0 Å². The first-order chi connectivity index (χ1) is 15.3. The SMILES string of the molecule is Cc1cccc(C)c1Oc1ccccc1NC(=O)CCc1nc2c([nH]1)c(=O)[nH]c(=O)n2C. The number of aromatic nitrogens is 4. The average Bonchev–Trinajstić information content (AvgIpc) is 3.20. The predicted octanol–water partition coefficient (Wildman–Crippen LogP) is 2.93. The second-order valence-corrected chi connectivity index (χ2v) is 7.57. The number of H-pyrrole nitrogens is 2. The van der Waals surface area contributed by atoms with Gasteiger partial charge in [0.1, 0.15) is 17.1 Å². The standard InChI is InChI=1S/C23H23N5O4/c1-13-7-6-8-14(2)20(13)32-16-10-5-4-9-15(16)24-18(29)12-11-17-25-19-21(26-17)28(3)23(31)27-22(19)30/h4-10H,11-12H2,1-3H3,(H,24,29)(H,25,26)(H,27,30,31). The maximum atomic E-state index is 12.6. The van der Waals surface area contributed by atoms with E-state index in [9.17, 15) is 14.4 Å². The third kappa shape index (κ3) is 4.18. The van der Waals surface area contributed by atoms with Crippen molar-refractivity contribution in [2.75, 3.05) is 5.32 Å². The Labute approximate surface area is 183 Å². The maximum Gasteiger partial charge on any atom is 0.329 e. The minimum absolute atomic E-state index is 0.128. The van der Waals surface area contributed by atoms with Crippen LogP contribution in [0.4, 0.5) is 5.69 Å². The lowest BCUT2D eigenvalue weighted by atomic mass is 10.1. The van der Waals surface area contributed by atoms with Crippen LogP contribution in [-0.4, -0.2) is 25.4 Å². The van der Waals surface area contributed by atoms with E-state index in [0.717, 1.165) is 16.9 Å². The Bertz CT molecular complexity index is 1410. The molecule has 0 fully saturated rings. The van der Waals surface area contributed by atoms with Gasteiger partial charge in [-0.3, -0.25) is 19.1 Å². The Kier molecular flexibility index (Phi) is 5.63. The molecule has 0 aliphatic carbocycles. The molecule has 4 aromatic rings. The second kappa shape index (κ2) is 8.54. The van der Waals surface area contributed by atoms with Gasteiger partial charge in [-0.2, -0.15) is 0 Å². The lowest BCUT2D eigenvalue weighted by Crippen LogP contribution is -2.28. The number of rotatable bonds is 6. The van der Waals surface area contributed by atoms with E-state index in [4.69, 9.17) is 4.74 Å². The number of imidazole rings is 1. The summed E-state index contributed by atoms with van der Waals surface area (Å²) >= 11 is 0. The summed E-state index contributed by atoms with van der Waals surface area (Å²) in [6, 6.07) is 13.1. The molecule has 0 aliphatic heterocycles. The van der Waals surface area contributed by atoms with Gasteiger partial charge in [-0.1, -0.05) is 30.3 Å². The molecule has 9 heteroatoms. The lowest BCUT2D eigenvalue weighted by Gasteiger charge is -2.15. The van der Waals surface area contributed by atoms with Crippen molar-refractivity contribution in [2.45, 2.75) is 26.7 Å². The van der Waals surface area contributed by atoms with Crippen LogP contribution >= 0.6 is 0 Å². The van der Waals surface area contributed by atoms with Crippen LogP contribution in [0.5, 0.6) is 11.5 Å². The van der Waals surface area contributed by atoms with E-state index in [1.54, 1.807) is 12.1 Å². The summed E-state index contributed by atoms with van der Waals surface area (Å²) in [6.07, 6.45) is 0.400. The van der Waals surface area contributed by atoms with Crippen LogP contribution in [0.1, 0.15) is 23.4 Å². The molecule has 164 valence electrons. The Morgan fingerprint density at radius 3 is 2.53 bits per heavy atom. The number of carbonyl (C=O) groups is 1. The zero-order valence-electron chi connectivity index (χ0n) is 18.0. The number of anilines is 1. The van der Waals surface area contributed by atoms with Gasteiger partial charge in [-0.05, 0) is 37.1 Å². The molecule has 0 bridgehead atoms. The monoisotopic (exact) mass is 433 g/mol. The fourth-order valence-electron chi connectivity index (χ4n) is 3.44. The molecule has 9 nitrogen and oxygen atoms in total. The maximum absolute atomic E-state index is 12.6. The number of amides is 1. The Morgan fingerprint density at radius 1 is 1.06 bits per heavy atom. The molecule has 0 aliphatic rings. The van der Waals surface area contributed by atoms with Crippen LogP contribution in [0.15, 0.2) is 52.1 Å². The average molecular weight is 433 g/mol. The van der Waals surface area contributed by atoms with Crippen LogP contribution < -0.4 is 21.3 Å². The number of hydrogen-bond acceptors (Lipinski definition) is 5. The van der Waals surface area contributed by atoms with E-state index >= 15 is 0 Å². The Hall–Kier alpha value is -4.14. The highest BCUT2D eigenvalue weighted by molar-refractivity contribution is 5.92. The summed E-state index contributed by atoms with van der Waals surface area (Å²) < 4.78 is 7.36. The van der Waals surface area contributed by atoms with E-state index < -0.39 is 11.2 Å². The van der Waals surface area contributed by atoms with E-state index in [0.29, 0.717) is 17.3 Å². The van der Waals surface area contributed by atoms with Crippen LogP contribution in [0.2, 0.25) is 0 Å². The van der Waals surface area contributed by atoms with Gasteiger partial charge in [0.05, 0.1) is 5.69 Å². The summed E-state index contributed by atoms with van der Waals surface area (Å²) in [5, 5.41) is 2.88. The fraction of sp³-hybridized carbons (Fsp3) is 0.217. The molecule has 3 N–H and O–H groups in total. The topological polar surface area (TPSA) is 122 Å². The highest BCUT2D eigenvalue weighted by Gasteiger charge is 2.14. The van der Waals surface area contributed by atoms with Gasteiger partial charge >= 0.3 is 5.69 Å². The van der Waals surface area contributed by atoms with Crippen molar-refractivity contribution in [2.24, 2.45) is 7.05 Å². The Balaban J connectivity index is 1.48. The van der Waals surface area contributed by atoms with Crippen molar-refractivity contribution in [3.8, 4) is 11.5 Å². The molecule has 0 atom stereocenters. The van der Waals surface area contributed by atoms with Crippen molar-refractivity contribution >= 4 is 22.8 Å². The quantitative estimate of drug-likeness (QED) is 0.432. The highest BCUT2D eigenvalue weighted by atomic mass is 16.5. The molecule has 32 heavy (non-hydrogen) atoms. The molecule has 0 saturated heterocycles. The number of nitrogens with zero attached hydrogens (tertiary/aromatic N) is 2. The molecule has 4 rings (SSSR count). The van der Waals surface area contributed by atoms with Crippen molar-refractivity contribution in [1.29, 1.82) is 0 Å². The Morgan fingerprint density at radius 2 is 1.78 bits per heavy atom. The number of fused-ring (bicyclic) bond motifs is 1. The smallest absolute Gasteiger partial charge is 0.329 e. The van der Waals surface area contributed by atoms with Crippen molar-refractivity contribution in [3.63, 3.8) is 0 Å². The molecule has 0 radical (unpaired) electrons. The van der Waals surface area contributed by atoms with E-state index in [1.807, 2.05) is 44.2 Å². The number of nitrogens with one attached hydrogen (secondary N) is 3. The molecule has 2 aromatic heterocycles. The number of aromatic amines is 2. The zero-order chi connectivity index (χ0) is 22.8. The number of carbonyl (C=O) groups excluding carboxylic acids is 1.